The average Bonchev–Trinajstić information content (AvgIpc) is 3.37. The second-order valence-corrected chi connectivity index (χ2v) is 8.76. The monoisotopic (exact) mass is 391 g/mol. The van der Waals surface area contributed by atoms with E-state index in [0.29, 0.717) is 5.92 Å². The Labute approximate surface area is 170 Å². The van der Waals surface area contributed by atoms with Crippen molar-refractivity contribution in [1.82, 2.24) is 5.32 Å². The molecule has 0 saturated heterocycles. The lowest BCUT2D eigenvalue weighted by Crippen LogP contribution is -2.53. The van der Waals surface area contributed by atoms with E-state index in [1.54, 1.807) is 0 Å². The second kappa shape index (κ2) is 6.90. The van der Waals surface area contributed by atoms with E-state index in [2.05, 4.69) is 29.6 Å². The van der Waals surface area contributed by atoms with E-state index in [4.69, 9.17) is 4.74 Å². The van der Waals surface area contributed by atoms with Crippen LogP contribution in [-0.2, 0) is 9.53 Å². The van der Waals surface area contributed by atoms with Gasteiger partial charge in [0.05, 0.1) is 12.0 Å². The summed E-state index contributed by atoms with van der Waals surface area (Å²) in [4.78, 5) is 24.2. The molecule has 29 heavy (non-hydrogen) atoms. The highest BCUT2D eigenvalue weighted by molar-refractivity contribution is 5.79. The Hall–Kier alpha value is -2.82. The lowest BCUT2D eigenvalue weighted by Gasteiger charge is -2.37. The first-order chi connectivity index (χ1) is 14.1. The molecule has 0 aromatic heterocycles. The summed E-state index contributed by atoms with van der Waals surface area (Å²) in [6.07, 6.45) is 3.35. The van der Waals surface area contributed by atoms with Gasteiger partial charge in [-0.2, -0.15) is 0 Å². The Morgan fingerprint density at radius 3 is 2.24 bits per heavy atom. The number of alkyl carbamates (subject to hydrolysis) is 1. The van der Waals surface area contributed by atoms with Crippen LogP contribution in [0.15, 0.2) is 48.5 Å². The van der Waals surface area contributed by atoms with Crippen LogP contribution >= 0.6 is 0 Å². The molecule has 3 unspecified atom stereocenters. The van der Waals surface area contributed by atoms with Crippen LogP contribution in [0.5, 0.6) is 0 Å². The Balaban J connectivity index is 1.31. The molecule has 3 atom stereocenters. The van der Waals surface area contributed by atoms with Gasteiger partial charge in [0, 0.05) is 5.92 Å². The summed E-state index contributed by atoms with van der Waals surface area (Å²) in [7, 11) is 0. The summed E-state index contributed by atoms with van der Waals surface area (Å²) in [6, 6.07) is 16.4. The number of carbonyl (C=O) groups is 2. The van der Waals surface area contributed by atoms with Crippen molar-refractivity contribution in [2.24, 2.45) is 11.8 Å². The van der Waals surface area contributed by atoms with Crippen LogP contribution in [0.3, 0.4) is 0 Å². The van der Waals surface area contributed by atoms with E-state index in [9.17, 15) is 14.7 Å². The van der Waals surface area contributed by atoms with Gasteiger partial charge in [0.2, 0.25) is 0 Å². The predicted molar refractivity (Wildman–Crippen MR) is 109 cm³/mol. The average molecular weight is 391 g/mol. The number of aliphatic carboxylic acids is 1. The number of carboxylic acids is 1. The molecule has 3 aliphatic carbocycles. The fraction of sp³-hybridized carbons (Fsp3) is 0.417. The lowest BCUT2D eigenvalue weighted by molar-refractivity contribution is -0.139. The molecule has 0 radical (unpaired) electrons. The zero-order valence-corrected chi connectivity index (χ0v) is 16.3. The molecule has 2 bridgehead atoms. The minimum atomic E-state index is -0.864. The van der Waals surface area contributed by atoms with Gasteiger partial charge in [0.25, 0.3) is 0 Å². The number of rotatable bonds is 5. The number of nitrogens with one attached hydrogen (secondary N) is 1. The highest BCUT2D eigenvalue weighted by Gasteiger charge is 2.53. The number of amides is 1. The van der Waals surface area contributed by atoms with Gasteiger partial charge in [-0.25, -0.2) is 4.79 Å². The normalized spacial score (nSPS) is 26.8. The fourth-order valence-corrected chi connectivity index (χ4v) is 5.97. The maximum absolute atomic E-state index is 12.7. The van der Waals surface area contributed by atoms with Gasteiger partial charge in [0.1, 0.15) is 6.61 Å². The molecule has 0 heterocycles. The molecular weight excluding hydrogens is 366 g/mol. The molecule has 5 nitrogen and oxygen atoms in total. The SMILES string of the molecule is O=C(O)CC1(NC(=O)OCC2c3ccccc3-c3ccccc32)CC2CCC1C2. The Morgan fingerprint density at radius 2 is 1.69 bits per heavy atom. The van der Waals surface area contributed by atoms with Crippen LogP contribution in [0.1, 0.15) is 49.1 Å². The second-order valence-electron chi connectivity index (χ2n) is 8.76. The molecule has 150 valence electrons. The van der Waals surface area contributed by atoms with Crippen molar-refractivity contribution < 1.29 is 19.4 Å². The smallest absolute Gasteiger partial charge is 0.407 e. The van der Waals surface area contributed by atoms with Gasteiger partial charge >= 0.3 is 12.1 Å². The molecule has 2 saturated carbocycles. The summed E-state index contributed by atoms with van der Waals surface area (Å²) in [5.41, 5.74) is 4.06. The number of hydrogen-bond donors (Lipinski definition) is 2. The Kier molecular flexibility index (Phi) is 4.34. The third-order valence-corrected chi connectivity index (χ3v) is 7.14. The number of carbonyl (C=O) groups excluding carboxylic acids is 1. The van der Waals surface area contributed by atoms with E-state index in [-0.39, 0.29) is 24.9 Å². The van der Waals surface area contributed by atoms with E-state index in [1.807, 2.05) is 24.3 Å². The van der Waals surface area contributed by atoms with Gasteiger partial charge in [0.15, 0.2) is 0 Å². The van der Waals surface area contributed by atoms with Crippen molar-refractivity contribution in [2.75, 3.05) is 6.61 Å². The van der Waals surface area contributed by atoms with Crippen molar-refractivity contribution in [3.8, 4) is 11.1 Å². The van der Waals surface area contributed by atoms with Crippen LogP contribution in [0.4, 0.5) is 4.79 Å². The first-order valence-corrected chi connectivity index (χ1v) is 10.4. The van der Waals surface area contributed by atoms with Crippen LogP contribution in [0.25, 0.3) is 11.1 Å². The van der Waals surface area contributed by atoms with Gasteiger partial charge in [-0.05, 0) is 59.8 Å². The minimum absolute atomic E-state index is 0.00334. The van der Waals surface area contributed by atoms with Crippen molar-refractivity contribution >= 4 is 12.1 Å². The third kappa shape index (κ3) is 3.09. The summed E-state index contributed by atoms with van der Waals surface area (Å²) in [5, 5.41) is 12.4. The first-order valence-electron chi connectivity index (χ1n) is 10.4. The third-order valence-electron chi connectivity index (χ3n) is 7.14. The Morgan fingerprint density at radius 1 is 1.03 bits per heavy atom. The van der Waals surface area contributed by atoms with E-state index in [0.717, 1.165) is 25.7 Å². The summed E-state index contributed by atoms with van der Waals surface area (Å²) in [6.45, 7) is 0.247. The first kappa shape index (κ1) is 18.2. The molecule has 5 rings (SSSR count). The molecule has 2 aromatic carbocycles. The zero-order chi connectivity index (χ0) is 20.0. The lowest BCUT2D eigenvalue weighted by atomic mass is 9.78. The van der Waals surface area contributed by atoms with E-state index in [1.165, 1.54) is 22.3 Å². The maximum atomic E-state index is 12.7. The molecule has 1 amide bonds. The maximum Gasteiger partial charge on any atom is 0.407 e. The Bertz CT molecular complexity index is 925. The van der Waals surface area contributed by atoms with Crippen molar-refractivity contribution in [3.63, 3.8) is 0 Å². The van der Waals surface area contributed by atoms with Crippen molar-refractivity contribution in [1.29, 1.82) is 0 Å². The molecule has 0 spiro atoms. The minimum Gasteiger partial charge on any atom is -0.481 e. The molecule has 3 aliphatic rings. The molecule has 5 heteroatoms. The van der Waals surface area contributed by atoms with Crippen LogP contribution in [0.2, 0.25) is 0 Å². The molecule has 2 N–H and O–H groups in total. The van der Waals surface area contributed by atoms with E-state index < -0.39 is 17.6 Å². The van der Waals surface area contributed by atoms with Crippen LogP contribution < -0.4 is 5.32 Å². The summed E-state index contributed by atoms with van der Waals surface area (Å²) >= 11 is 0. The quantitative estimate of drug-likeness (QED) is 0.784. The number of hydrogen-bond acceptors (Lipinski definition) is 3. The molecule has 0 aliphatic heterocycles. The highest BCUT2D eigenvalue weighted by Crippen LogP contribution is 2.52. The summed E-state index contributed by atoms with van der Waals surface area (Å²) in [5.74, 6) is -0.0996. The van der Waals surface area contributed by atoms with Gasteiger partial charge in [-0.3, -0.25) is 4.79 Å². The topological polar surface area (TPSA) is 75.6 Å². The number of benzene rings is 2. The molecule has 2 aromatic rings. The zero-order valence-electron chi connectivity index (χ0n) is 16.3. The molecule has 2 fully saturated rings. The van der Waals surface area contributed by atoms with Crippen LogP contribution in [-0.4, -0.2) is 29.3 Å². The summed E-state index contributed by atoms with van der Waals surface area (Å²) < 4.78 is 5.67. The standard InChI is InChI=1S/C24H25NO4/c26-22(27)13-24(12-15-9-10-16(24)11-15)25-23(28)29-14-21-19-7-3-1-5-17(19)18-6-2-4-8-20(18)21/h1-8,15-16,21H,9-14H2,(H,25,28)(H,26,27). The number of fused-ring (bicyclic) bond motifs is 5. The fourth-order valence-electron chi connectivity index (χ4n) is 5.97. The highest BCUT2D eigenvalue weighted by atomic mass is 16.5. The van der Waals surface area contributed by atoms with Crippen LogP contribution in [0, 0.1) is 11.8 Å². The van der Waals surface area contributed by atoms with Crippen molar-refractivity contribution in [3.05, 3.63) is 59.7 Å². The molecular formula is C24H25NO4. The van der Waals surface area contributed by atoms with Crippen molar-refractivity contribution in [2.45, 2.75) is 43.6 Å². The number of carboxylic acid groups (broad SMARTS) is 1. The van der Waals surface area contributed by atoms with Gasteiger partial charge in [-0.15, -0.1) is 0 Å². The number of ether oxygens (including phenoxy) is 1. The van der Waals surface area contributed by atoms with Gasteiger partial charge in [-0.1, -0.05) is 48.5 Å². The van der Waals surface area contributed by atoms with Gasteiger partial charge < -0.3 is 15.2 Å². The largest absolute Gasteiger partial charge is 0.481 e. The predicted octanol–water partition coefficient (Wildman–Crippen LogP) is 4.56. The van der Waals surface area contributed by atoms with E-state index >= 15 is 0 Å².